The summed E-state index contributed by atoms with van der Waals surface area (Å²) < 4.78 is 11.9. The lowest BCUT2D eigenvalue weighted by Crippen LogP contribution is -2.30. The molecule has 0 spiro atoms. The third-order valence-corrected chi connectivity index (χ3v) is 6.19. The van der Waals surface area contributed by atoms with Crippen LogP contribution in [0.25, 0.3) is 10.8 Å². The standard InChI is InChI=1S/C25H28N2O5/c1-31-18-13-17(14-19(15-18)32-2)23(28)26-22-10-6-9-21-20(22)11-12-27(25(21)30)24(29)16-7-4-3-5-8-16/h6,9-16,24,29H,3-5,7-8H2,1-2H3,(H,26,28). The highest BCUT2D eigenvalue weighted by Crippen LogP contribution is 2.31. The predicted molar refractivity (Wildman–Crippen MR) is 124 cm³/mol. The highest BCUT2D eigenvalue weighted by atomic mass is 16.5. The second-order valence-electron chi connectivity index (χ2n) is 8.16. The predicted octanol–water partition coefficient (Wildman–Crippen LogP) is 4.34. The zero-order valence-corrected chi connectivity index (χ0v) is 18.3. The number of rotatable bonds is 6. The molecule has 4 rings (SSSR count). The van der Waals surface area contributed by atoms with Crippen LogP contribution in [0.5, 0.6) is 11.5 Å². The van der Waals surface area contributed by atoms with Gasteiger partial charge >= 0.3 is 0 Å². The number of nitrogens with zero attached hydrogens (tertiary/aromatic N) is 1. The number of carbonyl (C=O) groups is 1. The molecule has 1 unspecified atom stereocenters. The van der Waals surface area contributed by atoms with Crippen LogP contribution in [0.3, 0.4) is 0 Å². The second kappa shape index (κ2) is 9.44. The number of amides is 1. The summed E-state index contributed by atoms with van der Waals surface area (Å²) in [4.78, 5) is 26.1. The van der Waals surface area contributed by atoms with Gasteiger partial charge in [0.25, 0.3) is 11.5 Å². The van der Waals surface area contributed by atoms with Gasteiger partial charge in [-0.05, 0) is 43.2 Å². The van der Waals surface area contributed by atoms with E-state index in [1.165, 1.54) is 25.2 Å². The number of ether oxygens (including phenoxy) is 2. The molecule has 2 aromatic carbocycles. The van der Waals surface area contributed by atoms with Gasteiger partial charge in [0.2, 0.25) is 0 Å². The summed E-state index contributed by atoms with van der Waals surface area (Å²) in [5.74, 6) is 0.755. The molecule has 0 bridgehead atoms. The van der Waals surface area contributed by atoms with E-state index in [4.69, 9.17) is 9.47 Å². The molecule has 7 heteroatoms. The molecule has 1 heterocycles. The first kappa shape index (κ1) is 21.9. The number of carbonyl (C=O) groups excluding carboxylic acids is 1. The minimum Gasteiger partial charge on any atom is -0.497 e. The first-order valence-corrected chi connectivity index (χ1v) is 10.9. The van der Waals surface area contributed by atoms with Crippen LogP contribution < -0.4 is 20.3 Å². The number of aliphatic hydroxyl groups excluding tert-OH is 1. The number of hydrogen-bond donors (Lipinski definition) is 2. The van der Waals surface area contributed by atoms with Crippen molar-refractivity contribution in [3.05, 3.63) is 64.6 Å². The van der Waals surface area contributed by atoms with E-state index in [1.807, 2.05) is 0 Å². The van der Waals surface area contributed by atoms with Crippen molar-refractivity contribution in [1.82, 2.24) is 4.57 Å². The quantitative estimate of drug-likeness (QED) is 0.600. The minimum atomic E-state index is -0.838. The van der Waals surface area contributed by atoms with Gasteiger partial charge in [0.05, 0.1) is 14.2 Å². The maximum atomic E-state index is 13.1. The summed E-state index contributed by atoms with van der Waals surface area (Å²) >= 11 is 0. The van der Waals surface area contributed by atoms with Crippen LogP contribution in [0.15, 0.2) is 53.5 Å². The largest absolute Gasteiger partial charge is 0.497 e. The number of benzene rings is 2. The molecule has 7 nitrogen and oxygen atoms in total. The number of methoxy groups -OCH3 is 2. The van der Waals surface area contributed by atoms with Gasteiger partial charge in [-0.1, -0.05) is 25.3 Å². The van der Waals surface area contributed by atoms with Crippen molar-refractivity contribution in [3.63, 3.8) is 0 Å². The van der Waals surface area contributed by atoms with E-state index in [2.05, 4.69) is 5.32 Å². The number of hydrogen-bond acceptors (Lipinski definition) is 5. The van der Waals surface area contributed by atoms with Crippen LogP contribution in [0.1, 0.15) is 48.7 Å². The van der Waals surface area contributed by atoms with Crippen LogP contribution in [0.4, 0.5) is 5.69 Å². The normalized spacial score (nSPS) is 15.3. The van der Waals surface area contributed by atoms with Crippen LogP contribution >= 0.6 is 0 Å². The Hall–Kier alpha value is -3.32. The van der Waals surface area contributed by atoms with Crippen LogP contribution in [0.2, 0.25) is 0 Å². The van der Waals surface area contributed by atoms with Crippen molar-refractivity contribution < 1.29 is 19.4 Å². The number of nitrogens with one attached hydrogen (secondary N) is 1. The van der Waals surface area contributed by atoms with Crippen molar-refractivity contribution in [1.29, 1.82) is 0 Å². The summed E-state index contributed by atoms with van der Waals surface area (Å²) in [6.07, 6.45) is 5.96. The molecule has 1 aromatic heterocycles. The molecule has 168 valence electrons. The van der Waals surface area contributed by atoms with Gasteiger partial charge < -0.3 is 19.9 Å². The lowest BCUT2D eigenvalue weighted by atomic mass is 9.88. The van der Waals surface area contributed by atoms with Crippen molar-refractivity contribution >= 4 is 22.4 Å². The Morgan fingerprint density at radius 3 is 2.38 bits per heavy atom. The average molecular weight is 437 g/mol. The lowest BCUT2D eigenvalue weighted by molar-refractivity contribution is 0.0210. The Balaban J connectivity index is 1.65. The fourth-order valence-corrected chi connectivity index (χ4v) is 4.40. The summed E-state index contributed by atoms with van der Waals surface area (Å²) in [5.41, 5.74) is 0.629. The molecule has 1 atom stereocenters. The summed E-state index contributed by atoms with van der Waals surface area (Å²) in [6, 6.07) is 11.9. The molecule has 0 radical (unpaired) electrons. The smallest absolute Gasteiger partial charge is 0.260 e. The van der Waals surface area contributed by atoms with Gasteiger partial charge in [0.15, 0.2) is 0 Å². The topological polar surface area (TPSA) is 89.8 Å². The maximum absolute atomic E-state index is 13.1. The second-order valence-corrected chi connectivity index (χ2v) is 8.16. The third-order valence-electron chi connectivity index (χ3n) is 6.19. The number of anilines is 1. The van der Waals surface area contributed by atoms with E-state index in [1.54, 1.807) is 48.7 Å². The first-order valence-electron chi connectivity index (χ1n) is 10.9. The molecule has 1 saturated carbocycles. The lowest BCUT2D eigenvalue weighted by Gasteiger charge is -2.28. The Morgan fingerprint density at radius 2 is 1.72 bits per heavy atom. The maximum Gasteiger partial charge on any atom is 0.260 e. The van der Waals surface area contributed by atoms with E-state index >= 15 is 0 Å². The molecule has 32 heavy (non-hydrogen) atoms. The highest BCUT2D eigenvalue weighted by Gasteiger charge is 2.24. The Labute approximate surface area is 186 Å². The van der Waals surface area contributed by atoms with Gasteiger partial charge in [-0.15, -0.1) is 0 Å². The zero-order valence-electron chi connectivity index (χ0n) is 18.3. The van der Waals surface area contributed by atoms with Crippen molar-refractivity contribution in [2.45, 2.75) is 38.3 Å². The molecule has 2 N–H and O–H groups in total. The molecule has 1 amide bonds. The molecule has 1 fully saturated rings. The molecular weight excluding hydrogens is 408 g/mol. The zero-order chi connectivity index (χ0) is 22.7. The monoisotopic (exact) mass is 436 g/mol. The summed E-state index contributed by atoms with van der Waals surface area (Å²) in [6.45, 7) is 0. The third kappa shape index (κ3) is 4.34. The SMILES string of the molecule is COc1cc(OC)cc(C(=O)Nc2cccc3c(=O)n(C(O)C4CCCCC4)ccc23)c1. The Bertz CT molecular complexity index is 1160. The van der Waals surface area contributed by atoms with Gasteiger partial charge in [-0.25, -0.2) is 0 Å². The van der Waals surface area contributed by atoms with Crippen LogP contribution in [-0.2, 0) is 0 Å². The number of fused-ring (bicyclic) bond motifs is 1. The molecule has 0 saturated heterocycles. The van der Waals surface area contributed by atoms with Gasteiger partial charge in [-0.2, -0.15) is 0 Å². The van der Waals surface area contributed by atoms with E-state index < -0.39 is 6.23 Å². The van der Waals surface area contributed by atoms with Gasteiger partial charge in [0.1, 0.15) is 17.7 Å². The fraction of sp³-hybridized carbons (Fsp3) is 0.360. The van der Waals surface area contributed by atoms with E-state index in [-0.39, 0.29) is 17.4 Å². The van der Waals surface area contributed by atoms with E-state index in [0.717, 1.165) is 25.7 Å². The van der Waals surface area contributed by atoms with Crippen LogP contribution in [-0.4, -0.2) is 29.8 Å². The van der Waals surface area contributed by atoms with Crippen molar-refractivity contribution in [2.24, 2.45) is 5.92 Å². The van der Waals surface area contributed by atoms with Crippen LogP contribution in [0, 0.1) is 5.92 Å². The molecule has 0 aliphatic heterocycles. The molecule has 3 aromatic rings. The minimum absolute atomic E-state index is 0.0878. The number of pyridine rings is 1. The number of aliphatic hydroxyl groups is 1. The molecule has 1 aliphatic carbocycles. The summed E-state index contributed by atoms with van der Waals surface area (Å²) in [7, 11) is 3.04. The Morgan fingerprint density at radius 1 is 1.03 bits per heavy atom. The number of aromatic nitrogens is 1. The fourth-order valence-electron chi connectivity index (χ4n) is 4.40. The van der Waals surface area contributed by atoms with Gasteiger partial charge in [0, 0.05) is 40.2 Å². The van der Waals surface area contributed by atoms with Crippen molar-refractivity contribution in [3.8, 4) is 11.5 Å². The Kier molecular flexibility index (Phi) is 6.46. The highest BCUT2D eigenvalue weighted by molar-refractivity contribution is 6.09. The average Bonchev–Trinajstić information content (AvgIpc) is 2.84. The van der Waals surface area contributed by atoms with E-state index in [9.17, 15) is 14.7 Å². The molecule has 1 aliphatic rings. The van der Waals surface area contributed by atoms with E-state index in [0.29, 0.717) is 33.5 Å². The van der Waals surface area contributed by atoms with Crippen molar-refractivity contribution in [2.75, 3.05) is 19.5 Å². The summed E-state index contributed by atoms with van der Waals surface area (Å²) in [5, 5.41) is 14.8. The molecular formula is C25H28N2O5. The first-order chi connectivity index (χ1) is 15.5. The van der Waals surface area contributed by atoms with Gasteiger partial charge in [-0.3, -0.25) is 14.2 Å².